The summed E-state index contributed by atoms with van der Waals surface area (Å²) in [6.07, 6.45) is 8.09. The molecule has 1 aliphatic heterocycles. The van der Waals surface area contributed by atoms with E-state index in [1.165, 1.54) is 5.01 Å². The lowest BCUT2D eigenvalue weighted by molar-refractivity contribution is -0.0614. The first-order valence-electron chi connectivity index (χ1n) is 8.15. The van der Waals surface area contributed by atoms with Crippen LogP contribution < -0.4 is 0 Å². The highest BCUT2D eigenvalue weighted by atomic mass is 32.1. The van der Waals surface area contributed by atoms with Gasteiger partial charge in [0.2, 0.25) is 0 Å². The van der Waals surface area contributed by atoms with Gasteiger partial charge < -0.3 is 9.47 Å². The van der Waals surface area contributed by atoms with Crippen molar-refractivity contribution in [3.05, 3.63) is 46.7 Å². The maximum absolute atomic E-state index is 6.27. The van der Waals surface area contributed by atoms with E-state index in [0.29, 0.717) is 12.6 Å². The van der Waals surface area contributed by atoms with Crippen molar-refractivity contribution < 1.29 is 9.47 Å². The summed E-state index contributed by atoms with van der Waals surface area (Å²) < 4.78 is 12.3. The van der Waals surface area contributed by atoms with E-state index in [-0.39, 0.29) is 12.2 Å². The van der Waals surface area contributed by atoms with Gasteiger partial charge in [-0.05, 0) is 30.5 Å². The minimum absolute atomic E-state index is 0.144. The minimum Gasteiger partial charge on any atom is -0.374 e. The Labute approximate surface area is 140 Å². The topological polar surface area (TPSA) is 47.5 Å². The largest absolute Gasteiger partial charge is 0.374 e. The summed E-state index contributed by atoms with van der Waals surface area (Å²) in [4.78, 5) is 11.0. The zero-order valence-electron chi connectivity index (χ0n) is 13.0. The van der Waals surface area contributed by atoms with Gasteiger partial charge in [-0.3, -0.25) is 9.88 Å². The molecule has 3 atom stereocenters. The van der Waals surface area contributed by atoms with E-state index in [0.717, 1.165) is 38.1 Å². The Morgan fingerprint density at radius 2 is 2.17 bits per heavy atom. The standard InChI is InChI=1S/C17H21N3O2S/c1-2-15-17(22-12-13-3-5-18-6-4-13)14(1)20(8-9-21-15)11-16-19-7-10-23-16/h3-7,10,14-15,17H,1-2,8-9,11-12H2/t14-,15-,17+/m1/s1. The van der Waals surface area contributed by atoms with Crippen molar-refractivity contribution in [1.82, 2.24) is 14.9 Å². The van der Waals surface area contributed by atoms with Crippen molar-refractivity contribution in [2.24, 2.45) is 0 Å². The summed E-state index contributed by atoms with van der Waals surface area (Å²) in [7, 11) is 0. The molecule has 3 heterocycles. The quantitative estimate of drug-likeness (QED) is 0.842. The predicted octanol–water partition coefficient (Wildman–Crippen LogP) is 2.49. The van der Waals surface area contributed by atoms with E-state index < -0.39 is 0 Å². The second kappa shape index (κ2) is 7.05. The third-order valence-electron chi connectivity index (χ3n) is 4.69. The van der Waals surface area contributed by atoms with Crippen LogP contribution in [0.4, 0.5) is 0 Å². The number of fused-ring (bicyclic) bond motifs is 2. The molecule has 2 aromatic rings. The number of aromatic nitrogens is 2. The molecule has 1 saturated heterocycles. The Hall–Kier alpha value is -1.34. The zero-order valence-corrected chi connectivity index (χ0v) is 13.8. The smallest absolute Gasteiger partial charge is 0.107 e. The molecule has 23 heavy (non-hydrogen) atoms. The molecule has 2 bridgehead atoms. The number of thiazole rings is 1. The van der Waals surface area contributed by atoms with Gasteiger partial charge in [-0.2, -0.15) is 0 Å². The van der Waals surface area contributed by atoms with E-state index >= 15 is 0 Å². The first-order chi connectivity index (χ1) is 11.4. The molecule has 5 nitrogen and oxygen atoms in total. The predicted molar refractivity (Wildman–Crippen MR) is 88.1 cm³/mol. The Balaban J connectivity index is 1.45. The molecular weight excluding hydrogens is 310 g/mol. The van der Waals surface area contributed by atoms with Gasteiger partial charge >= 0.3 is 0 Å². The fraction of sp³-hybridized carbons (Fsp3) is 0.529. The highest BCUT2D eigenvalue weighted by molar-refractivity contribution is 7.09. The van der Waals surface area contributed by atoms with E-state index in [1.54, 1.807) is 11.3 Å². The maximum atomic E-state index is 6.27. The van der Waals surface area contributed by atoms with Crippen molar-refractivity contribution >= 4 is 11.3 Å². The van der Waals surface area contributed by atoms with Crippen LogP contribution in [0.3, 0.4) is 0 Å². The average molecular weight is 331 g/mol. The molecule has 1 aliphatic carbocycles. The van der Waals surface area contributed by atoms with Crippen molar-refractivity contribution in [3.8, 4) is 0 Å². The fourth-order valence-corrected chi connectivity index (χ4v) is 4.20. The molecule has 1 saturated carbocycles. The Morgan fingerprint density at radius 1 is 1.26 bits per heavy atom. The van der Waals surface area contributed by atoms with Gasteiger partial charge in [0.1, 0.15) is 5.01 Å². The first-order valence-corrected chi connectivity index (χ1v) is 9.02. The zero-order chi connectivity index (χ0) is 15.5. The number of nitrogens with zero attached hydrogens (tertiary/aromatic N) is 3. The molecule has 0 unspecified atom stereocenters. The van der Waals surface area contributed by atoms with Crippen LogP contribution in [0.2, 0.25) is 0 Å². The summed E-state index contributed by atoms with van der Waals surface area (Å²) in [5, 5.41) is 3.21. The molecule has 0 N–H and O–H groups in total. The molecule has 0 aromatic carbocycles. The molecule has 2 fully saturated rings. The molecule has 6 heteroatoms. The Kier molecular flexibility index (Phi) is 4.66. The molecular formula is C17H21N3O2S. The molecule has 2 aromatic heterocycles. The SMILES string of the molecule is c1cc(CO[C@H]2[C@H]3CC[C@H]2OCCN3Cc2nccs2)ccn1. The van der Waals surface area contributed by atoms with Crippen LogP contribution in [0.25, 0.3) is 0 Å². The number of hydrogen-bond donors (Lipinski definition) is 0. The minimum atomic E-state index is 0.144. The molecule has 4 rings (SSSR count). The van der Waals surface area contributed by atoms with E-state index in [1.807, 2.05) is 36.1 Å². The Bertz CT molecular complexity index is 608. The first kappa shape index (κ1) is 15.2. The summed E-state index contributed by atoms with van der Waals surface area (Å²) in [5.74, 6) is 0. The van der Waals surface area contributed by atoms with Crippen LogP contribution in [-0.4, -0.2) is 46.3 Å². The van der Waals surface area contributed by atoms with Crippen LogP contribution in [0.5, 0.6) is 0 Å². The monoisotopic (exact) mass is 331 g/mol. The van der Waals surface area contributed by atoms with Gasteiger partial charge in [0.25, 0.3) is 0 Å². The van der Waals surface area contributed by atoms with Gasteiger partial charge in [-0.15, -0.1) is 11.3 Å². The van der Waals surface area contributed by atoms with Crippen molar-refractivity contribution in [2.75, 3.05) is 13.2 Å². The van der Waals surface area contributed by atoms with Crippen LogP contribution in [0.1, 0.15) is 23.4 Å². The van der Waals surface area contributed by atoms with Gasteiger partial charge in [0.15, 0.2) is 0 Å². The van der Waals surface area contributed by atoms with E-state index in [4.69, 9.17) is 9.47 Å². The van der Waals surface area contributed by atoms with Gasteiger partial charge in [0, 0.05) is 36.6 Å². The van der Waals surface area contributed by atoms with Gasteiger partial charge in [-0.25, -0.2) is 4.98 Å². The second-order valence-corrected chi connectivity index (χ2v) is 7.06. The van der Waals surface area contributed by atoms with Crippen LogP contribution in [-0.2, 0) is 22.6 Å². The normalized spacial score (nSPS) is 27.9. The van der Waals surface area contributed by atoms with Crippen LogP contribution in [0.15, 0.2) is 36.1 Å². The number of ether oxygens (including phenoxy) is 2. The highest BCUT2D eigenvalue weighted by Crippen LogP contribution is 2.33. The summed E-state index contributed by atoms with van der Waals surface area (Å²) in [6.45, 7) is 3.25. The van der Waals surface area contributed by atoms with E-state index in [9.17, 15) is 0 Å². The lowest BCUT2D eigenvalue weighted by Crippen LogP contribution is -2.42. The molecule has 0 amide bonds. The van der Waals surface area contributed by atoms with Crippen LogP contribution >= 0.6 is 11.3 Å². The molecule has 122 valence electrons. The third kappa shape index (κ3) is 3.45. The number of hydrogen-bond acceptors (Lipinski definition) is 6. The van der Waals surface area contributed by atoms with Crippen molar-refractivity contribution in [1.29, 1.82) is 0 Å². The Morgan fingerprint density at radius 3 is 3.00 bits per heavy atom. The number of rotatable bonds is 5. The molecule has 2 aliphatic rings. The summed E-state index contributed by atoms with van der Waals surface area (Å²) >= 11 is 1.72. The lowest BCUT2D eigenvalue weighted by atomic mass is 10.1. The van der Waals surface area contributed by atoms with Gasteiger partial charge in [0.05, 0.1) is 32.0 Å². The third-order valence-corrected chi connectivity index (χ3v) is 5.45. The lowest BCUT2D eigenvalue weighted by Gasteiger charge is -2.30. The molecule has 0 spiro atoms. The average Bonchev–Trinajstić information content (AvgIpc) is 3.18. The van der Waals surface area contributed by atoms with Crippen molar-refractivity contribution in [2.45, 2.75) is 44.2 Å². The number of pyridine rings is 1. The summed E-state index contributed by atoms with van der Waals surface area (Å²) in [6, 6.07) is 4.44. The highest BCUT2D eigenvalue weighted by Gasteiger charge is 2.43. The van der Waals surface area contributed by atoms with E-state index in [2.05, 4.69) is 14.9 Å². The molecule has 0 radical (unpaired) electrons. The van der Waals surface area contributed by atoms with Gasteiger partial charge in [-0.1, -0.05) is 0 Å². The fourth-order valence-electron chi connectivity index (χ4n) is 3.56. The summed E-state index contributed by atoms with van der Waals surface area (Å²) in [5.41, 5.74) is 1.16. The van der Waals surface area contributed by atoms with Crippen LogP contribution in [0, 0.1) is 0 Å². The maximum Gasteiger partial charge on any atom is 0.107 e. The van der Waals surface area contributed by atoms with Crippen molar-refractivity contribution in [3.63, 3.8) is 0 Å². The second-order valence-electron chi connectivity index (χ2n) is 6.08.